The smallest absolute Gasteiger partial charge is 0.256 e. The van der Waals surface area contributed by atoms with Gasteiger partial charge in [0.2, 0.25) is 11.8 Å². The molecular formula is C28H24ClN3O3. The standard InChI is InChI=1S/C28H24ClN3O3/c29-21-9-6-18(7-10-21)19-8-11-23-22(16-19)26(34)32-15-14-31(17-24(32)25(33)30-23)27(35)28(12-13-28)20-4-2-1-3-5-20/h1-11,16,24H,12-15,17H2,(H,30,33). The molecule has 2 fully saturated rings. The molecule has 0 aromatic heterocycles. The third-order valence-corrected chi connectivity index (χ3v) is 7.65. The van der Waals surface area contributed by atoms with Gasteiger partial charge in [0.1, 0.15) is 6.04 Å². The highest BCUT2D eigenvalue weighted by molar-refractivity contribution is 6.30. The van der Waals surface area contributed by atoms with Crippen LogP contribution in [0, 0.1) is 0 Å². The SMILES string of the molecule is O=C1Nc2ccc(-c3ccc(Cl)cc3)cc2C(=O)N2CCN(C(=O)C3(c4ccccc4)CC3)CC12. The predicted molar refractivity (Wildman–Crippen MR) is 134 cm³/mol. The number of hydrogen-bond donors (Lipinski definition) is 1. The molecule has 3 aromatic carbocycles. The van der Waals surface area contributed by atoms with E-state index >= 15 is 0 Å². The van der Waals surface area contributed by atoms with Gasteiger partial charge < -0.3 is 15.1 Å². The zero-order valence-electron chi connectivity index (χ0n) is 19.0. The van der Waals surface area contributed by atoms with E-state index in [1.54, 1.807) is 28.0 Å². The summed E-state index contributed by atoms with van der Waals surface area (Å²) in [5.41, 5.74) is 3.28. The molecule has 35 heavy (non-hydrogen) atoms. The summed E-state index contributed by atoms with van der Waals surface area (Å²) in [6.07, 6.45) is 1.62. The van der Waals surface area contributed by atoms with Crippen molar-refractivity contribution in [3.05, 3.63) is 88.9 Å². The normalized spacial score (nSPS) is 20.4. The molecule has 2 aliphatic heterocycles. The predicted octanol–water partition coefficient (Wildman–Crippen LogP) is 4.34. The minimum Gasteiger partial charge on any atom is -0.338 e. The number of fused-ring (bicyclic) bond motifs is 2. The molecule has 6 nitrogen and oxygen atoms in total. The Kier molecular flexibility index (Phi) is 5.15. The summed E-state index contributed by atoms with van der Waals surface area (Å²) >= 11 is 6.02. The number of piperazine rings is 1. The molecule has 0 radical (unpaired) electrons. The van der Waals surface area contributed by atoms with Gasteiger partial charge in [-0.15, -0.1) is 0 Å². The van der Waals surface area contributed by atoms with E-state index in [0.29, 0.717) is 29.4 Å². The van der Waals surface area contributed by atoms with Gasteiger partial charge in [-0.1, -0.05) is 60.1 Å². The maximum Gasteiger partial charge on any atom is 0.256 e. The van der Waals surface area contributed by atoms with Crippen LogP contribution in [-0.4, -0.2) is 53.2 Å². The lowest BCUT2D eigenvalue weighted by atomic mass is 9.93. The summed E-state index contributed by atoms with van der Waals surface area (Å²) in [5.74, 6) is -0.413. The first kappa shape index (κ1) is 21.9. The molecule has 1 unspecified atom stereocenters. The number of nitrogens with zero attached hydrogens (tertiary/aromatic N) is 2. The molecule has 0 bridgehead atoms. The molecule has 3 amide bonds. The Morgan fingerprint density at radius 1 is 0.914 bits per heavy atom. The van der Waals surface area contributed by atoms with Gasteiger partial charge in [-0.3, -0.25) is 14.4 Å². The maximum atomic E-state index is 13.6. The van der Waals surface area contributed by atoms with Crippen LogP contribution in [0.4, 0.5) is 5.69 Å². The summed E-state index contributed by atoms with van der Waals surface area (Å²) in [6.45, 7) is 0.927. The van der Waals surface area contributed by atoms with Crippen LogP contribution in [0.25, 0.3) is 11.1 Å². The number of benzene rings is 3. The van der Waals surface area contributed by atoms with Crippen molar-refractivity contribution in [3.8, 4) is 11.1 Å². The molecular weight excluding hydrogens is 462 g/mol. The minimum atomic E-state index is -0.724. The fraction of sp³-hybridized carbons (Fsp3) is 0.250. The van der Waals surface area contributed by atoms with Crippen molar-refractivity contribution in [3.63, 3.8) is 0 Å². The van der Waals surface area contributed by atoms with E-state index in [9.17, 15) is 14.4 Å². The third kappa shape index (κ3) is 3.69. The summed E-state index contributed by atoms with van der Waals surface area (Å²) < 4.78 is 0. The van der Waals surface area contributed by atoms with Crippen LogP contribution >= 0.6 is 11.6 Å². The monoisotopic (exact) mass is 485 g/mol. The van der Waals surface area contributed by atoms with Crippen molar-refractivity contribution in [1.29, 1.82) is 0 Å². The topological polar surface area (TPSA) is 69.7 Å². The molecule has 1 saturated carbocycles. The minimum absolute atomic E-state index is 0.0513. The largest absolute Gasteiger partial charge is 0.338 e. The van der Waals surface area contributed by atoms with Gasteiger partial charge in [-0.05, 0) is 53.8 Å². The molecule has 2 heterocycles. The van der Waals surface area contributed by atoms with Crippen LogP contribution in [0.2, 0.25) is 5.02 Å². The second-order valence-corrected chi connectivity index (χ2v) is 9.91. The summed E-state index contributed by atoms with van der Waals surface area (Å²) in [4.78, 5) is 43.7. The zero-order valence-corrected chi connectivity index (χ0v) is 19.8. The van der Waals surface area contributed by atoms with E-state index in [4.69, 9.17) is 11.6 Å². The first-order valence-electron chi connectivity index (χ1n) is 11.8. The molecule has 1 aliphatic carbocycles. The van der Waals surface area contributed by atoms with Crippen molar-refractivity contribution in [2.24, 2.45) is 0 Å². The summed E-state index contributed by atoms with van der Waals surface area (Å²) in [6, 6.07) is 22.0. The Morgan fingerprint density at radius 3 is 2.34 bits per heavy atom. The van der Waals surface area contributed by atoms with Crippen molar-refractivity contribution in [2.45, 2.75) is 24.3 Å². The van der Waals surface area contributed by atoms with Crippen molar-refractivity contribution >= 4 is 35.0 Å². The van der Waals surface area contributed by atoms with E-state index in [1.807, 2.05) is 54.6 Å². The Hall–Kier alpha value is -3.64. The number of rotatable bonds is 3. The van der Waals surface area contributed by atoms with E-state index < -0.39 is 11.5 Å². The molecule has 6 rings (SSSR count). The molecule has 1 atom stereocenters. The average Bonchev–Trinajstić information content (AvgIpc) is 3.71. The van der Waals surface area contributed by atoms with Crippen LogP contribution in [-0.2, 0) is 15.0 Å². The quantitative estimate of drug-likeness (QED) is 0.600. The first-order valence-corrected chi connectivity index (χ1v) is 12.2. The number of amides is 3. The lowest BCUT2D eigenvalue weighted by Gasteiger charge is -2.40. The number of carbonyl (C=O) groups is 3. The van der Waals surface area contributed by atoms with Gasteiger partial charge in [0.25, 0.3) is 5.91 Å². The average molecular weight is 486 g/mol. The van der Waals surface area contributed by atoms with Crippen LogP contribution in [0.3, 0.4) is 0 Å². The van der Waals surface area contributed by atoms with Crippen molar-refractivity contribution < 1.29 is 14.4 Å². The van der Waals surface area contributed by atoms with E-state index in [0.717, 1.165) is 29.5 Å². The number of hydrogen-bond acceptors (Lipinski definition) is 3. The molecule has 1 N–H and O–H groups in total. The van der Waals surface area contributed by atoms with Crippen molar-refractivity contribution in [2.75, 3.05) is 25.0 Å². The lowest BCUT2D eigenvalue weighted by Crippen LogP contribution is -2.60. The summed E-state index contributed by atoms with van der Waals surface area (Å²) in [7, 11) is 0. The molecule has 3 aromatic rings. The fourth-order valence-electron chi connectivity index (χ4n) is 5.27. The van der Waals surface area contributed by atoms with Gasteiger partial charge in [0.15, 0.2) is 0 Å². The van der Waals surface area contributed by atoms with Gasteiger partial charge in [0.05, 0.1) is 23.2 Å². The molecule has 1 saturated heterocycles. The molecule has 176 valence electrons. The van der Waals surface area contributed by atoms with Crippen molar-refractivity contribution in [1.82, 2.24) is 9.80 Å². The number of nitrogens with one attached hydrogen (secondary N) is 1. The Labute approximate surface area is 208 Å². The van der Waals surface area contributed by atoms with E-state index in [-0.39, 0.29) is 24.3 Å². The Morgan fingerprint density at radius 2 is 1.63 bits per heavy atom. The highest BCUT2D eigenvalue weighted by Gasteiger charge is 2.54. The summed E-state index contributed by atoms with van der Waals surface area (Å²) in [5, 5.41) is 3.57. The van der Waals surface area contributed by atoms with Crippen LogP contribution in [0.1, 0.15) is 28.8 Å². The number of halogens is 1. The highest BCUT2D eigenvalue weighted by Crippen LogP contribution is 2.49. The molecule has 7 heteroatoms. The Balaban J connectivity index is 1.26. The van der Waals surface area contributed by atoms with E-state index in [1.165, 1.54) is 0 Å². The number of carbonyl (C=O) groups excluding carboxylic acids is 3. The van der Waals surface area contributed by atoms with E-state index in [2.05, 4.69) is 5.32 Å². The van der Waals surface area contributed by atoms with Crippen LogP contribution in [0.15, 0.2) is 72.8 Å². The molecule has 3 aliphatic rings. The lowest BCUT2D eigenvalue weighted by molar-refractivity contribution is -0.138. The number of anilines is 1. The van der Waals surface area contributed by atoms with Gasteiger partial charge in [0, 0.05) is 18.1 Å². The Bertz CT molecular complexity index is 1340. The molecule has 0 spiro atoms. The maximum absolute atomic E-state index is 13.6. The zero-order chi connectivity index (χ0) is 24.2. The van der Waals surface area contributed by atoms with Crippen LogP contribution < -0.4 is 5.32 Å². The van der Waals surface area contributed by atoms with Gasteiger partial charge in [-0.2, -0.15) is 0 Å². The van der Waals surface area contributed by atoms with Crippen LogP contribution in [0.5, 0.6) is 0 Å². The fourth-order valence-corrected chi connectivity index (χ4v) is 5.39. The van der Waals surface area contributed by atoms with Gasteiger partial charge >= 0.3 is 0 Å². The van der Waals surface area contributed by atoms with Gasteiger partial charge in [-0.25, -0.2) is 0 Å². The second-order valence-electron chi connectivity index (χ2n) is 9.47. The second kappa shape index (κ2) is 8.24. The third-order valence-electron chi connectivity index (χ3n) is 7.40. The highest BCUT2D eigenvalue weighted by atomic mass is 35.5. The first-order chi connectivity index (χ1) is 17.0.